The molecule has 2 heterocycles. The maximum Gasteiger partial charge on any atom is 0.252 e. The lowest BCUT2D eigenvalue weighted by Gasteiger charge is -2.14. The van der Waals surface area contributed by atoms with Gasteiger partial charge in [0.05, 0.1) is 16.8 Å². The third kappa shape index (κ3) is 3.60. The molecule has 6 nitrogen and oxygen atoms in total. The van der Waals surface area contributed by atoms with Crippen LogP contribution in [0.15, 0.2) is 39.9 Å². The standard InChI is InChI=1S/C14H12ClN3O3S3/c1-18(24(20,21)13-3-2-6-22-13)8-12(19)17-14-16-10-5-4-9(15)7-11(10)23-14/h2-7H,8H2,1H3,(H,16,17,19). The van der Waals surface area contributed by atoms with E-state index >= 15 is 0 Å². The maximum absolute atomic E-state index is 12.3. The van der Waals surface area contributed by atoms with Crippen LogP contribution in [0.2, 0.25) is 5.02 Å². The fraction of sp³-hybridized carbons (Fsp3) is 0.143. The van der Waals surface area contributed by atoms with Gasteiger partial charge in [-0.15, -0.1) is 11.3 Å². The van der Waals surface area contributed by atoms with Crippen molar-refractivity contribution in [1.29, 1.82) is 0 Å². The van der Waals surface area contributed by atoms with Gasteiger partial charge in [0, 0.05) is 12.1 Å². The number of thiazole rings is 1. The van der Waals surface area contributed by atoms with Crippen molar-refractivity contribution in [2.24, 2.45) is 0 Å². The van der Waals surface area contributed by atoms with Crippen LogP contribution in [-0.2, 0) is 14.8 Å². The van der Waals surface area contributed by atoms with Gasteiger partial charge in [-0.2, -0.15) is 4.31 Å². The molecule has 0 saturated heterocycles. The van der Waals surface area contributed by atoms with Crippen molar-refractivity contribution in [1.82, 2.24) is 9.29 Å². The van der Waals surface area contributed by atoms with Crippen LogP contribution in [0.5, 0.6) is 0 Å². The molecule has 0 aliphatic carbocycles. The number of aromatic nitrogens is 1. The lowest BCUT2D eigenvalue weighted by Crippen LogP contribution is -2.34. The smallest absolute Gasteiger partial charge is 0.252 e. The van der Waals surface area contributed by atoms with Crippen molar-refractivity contribution in [3.8, 4) is 0 Å². The topological polar surface area (TPSA) is 79.4 Å². The minimum Gasteiger partial charge on any atom is -0.301 e. The number of anilines is 1. The summed E-state index contributed by atoms with van der Waals surface area (Å²) in [5.74, 6) is -0.456. The molecule has 0 atom stereocenters. The molecular formula is C14H12ClN3O3S3. The van der Waals surface area contributed by atoms with Gasteiger partial charge in [-0.3, -0.25) is 4.79 Å². The average Bonchev–Trinajstić information content (AvgIpc) is 3.15. The number of sulfonamides is 1. The normalized spacial score (nSPS) is 12.0. The predicted molar refractivity (Wildman–Crippen MR) is 97.4 cm³/mol. The second-order valence-corrected chi connectivity index (χ2v) is 9.56. The molecule has 1 aromatic carbocycles. The third-order valence-corrected chi connectivity index (χ3v) is 7.47. The van der Waals surface area contributed by atoms with Crippen LogP contribution in [-0.4, -0.2) is 37.2 Å². The highest BCUT2D eigenvalue weighted by Crippen LogP contribution is 2.28. The Kier molecular flexibility index (Phi) is 4.88. The van der Waals surface area contributed by atoms with E-state index in [-0.39, 0.29) is 10.8 Å². The molecule has 1 N–H and O–H groups in total. The van der Waals surface area contributed by atoms with Crippen molar-refractivity contribution >= 4 is 65.6 Å². The first-order chi connectivity index (χ1) is 11.4. The number of amides is 1. The highest BCUT2D eigenvalue weighted by atomic mass is 35.5. The van der Waals surface area contributed by atoms with Crippen molar-refractivity contribution in [3.63, 3.8) is 0 Å². The summed E-state index contributed by atoms with van der Waals surface area (Å²) >= 11 is 8.31. The van der Waals surface area contributed by atoms with Gasteiger partial charge in [-0.05, 0) is 29.6 Å². The van der Waals surface area contributed by atoms with E-state index in [2.05, 4.69) is 10.3 Å². The Bertz CT molecular complexity index is 983. The van der Waals surface area contributed by atoms with E-state index in [1.165, 1.54) is 24.5 Å². The van der Waals surface area contributed by atoms with Crippen LogP contribution in [0, 0.1) is 0 Å². The van der Waals surface area contributed by atoms with Gasteiger partial charge >= 0.3 is 0 Å². The Morgan fingerprint density at radius 2 is 2.17 bits per heavy atom. The van der Waals surface area contributed by atoms with Gasteiger partial charge in [0.1, 0.15) is 4.21 Å². The fourth-order valence-corrected chi connectivity index (χ4v) is 5.45. The first-order valence-electron chi connectivity index (χ1n) is 6.72. The van der Waals surface area contributed by atoms with Gasteiger partial charge in [0.15, 0.2) is 5.13 Å². The Morgan fingerprint density at radius 3 is 2.88 bits per heavy atom. The van der Waals surface area contributed by atoms with Gasteiger partial charge in [0.2, 0.25) is 5.91 Å². The van der Waals surface area contributed by atoms with Crippen LogP contribution in [0.3, 0.4) is 0 Å². The number of hydrogen-bond acceptors (Lipinski definition) is 6. The minimum absolute atomic E-state index is 0.201. The summed E-state index contributed by atoms with van der Waals surface area (Å²) in [6, 6.07) is 8.40. The number of carbonyl (C=O) groups is 1. The summed E-state index contributed by atoms with van der Waals surface area (Å²) in [4.78, 5) is 16.4. The lowest BCUT2D eigenvalue weighted by atomic mass is 10.3. The SMILES string of the molecule is CN(CC(=O)Nc1nc2ccc(Cl)cc2s1)S(=O)(=O)c1cccs1. The molecule has 0 fully saturated rings. The van der Waals surface area contributed by atoms with E-state index in [1.807, 2.05) is 0 Å². The minimum atomic E-state index is -3.66. The zero-order valence-corrected chi connectivity index (χ0v) is 15.6. The molecule has 3 aromatic rings. The van der Waals surface area contributed by atoms with Crippen LogP contribution in [0.1, 0.15) is 0 Å². The van der Waals surface area contributed by atoms with Crippen molar-refractivity contribution < 1.29 is 13.2 Å². The number of likely N-dealkylation sites (N-methyl/N-ethyl adjacent to an activating group) is 1. The molecule has 2 aromatic heterocycles. The largest absolute Gasteiger partial charge is 0.301 e. The molecule has 0 radical (unpaired) electrons. The molecule has 10 heteroatoms. The number of benzene rings is 1. The summed E-state index contributed by atoms with van der Waals surface area (Å²) in [6.45, 7) is -0.295. The molecule has 0 aliphatic heterocycles. The number of nitrogens with one attached hydrogen (secondary N) is 1. The second kappa shape index (κ2) is 6.77. The van der Waals surface area contributed by atoms with E-state index in [9.17, 15) is 13.2 Å². The second-order valence-electron chi connectivity index (χ2n) is 4.87. The summed E-state index contributed by atoms with van der Waals surface area (Å²) in [7, 11) is -2.29. The van der Waals surface area contributed by atoms with Gasteiger partial charge in [0.25, 0.3) is 10.0 Å². The molecule has 0 aliphatic rings. The molecular weight excluding hydrogens is 390 g/mol. The number of fused-ring (bicyclic) bond motifs is 1. The molecule has 0 bridgehead atoms. The van der Waals surface area contributed by atoms with E-state index in [1.54, 1.807) is 29.6 Å². The van der Waals surface area contributed by atoms with E-state index in [0.717, 1.165) is 25.9 Å². The average molecular weight is 402 g/mol. The first kappa shape index (κ1) is 17.3. The molecule has 0 saturated carbocycles. The number of rotatable bonds is 5. The van der Waals surface area contributed by atoms with Crippen LogP contribution in [0.25, 0.3) is 10.2 Å². The monoisotopic (exact) mass is 401 g/mol. The van der Waals surface area contributed by atoms with Gasteiger partial charge in [-0.25, -0.2) is 13.4 Å². The zero-order chi connectivity index (χ0) is 17.3. The summed E-state index contributed by atoms with van der Waals surface area (Å²) in [6.07, 6.45) is 0. The van der Waals surface area contributed by atoms with Crippen LogP contribution >= 0.6 is 34.3 Å². The Labute approximate surface area is 151 Å². The summed E-state index contributed by atoms with van der Waals surface area (Å²) in [5, 5.41) is 5.29. The third-order valence-electron chi connectivity index (χ3n) is 3.12. The highest BCUT2D eigenvalue weighted by molar-refractivity contribution is 7.91. The highest BCUT2D eigenvalue weighted by Gasteiger charge is 2.24. The number of thiophene rings is 1. The lowest BCUT2D eigenvalue weighted by molar-refractivity contribution is -0.116. The Morgan fingerprint density at radius 1 is 1.38 bits per heavy atom. The van der Waals surface area contributed by atoms with E-state index < -0.39 is 15.9 Å². The van der Waals surface area contributed by atoms with Crippen LogP contribution < -0.4 is 5.32 Å². The van der Waals surface area contributed by atoms with Gasteiger partial charge in [-0.1, -0.05) is 29.0 Å². The van der Waals surface area contributed by atoms with Gasteiger partial charge < -0.3 is 5.32 Å². The van der Waals surface area contributed by atoms with Crippen molar-refractivity contribution in [2.75, 3.05) is 18.9 Å². The molecule has 0 unspecified atom stereocenters. The number of hydrogen-bond donors (Lipinski definition) is 1. The molecule has 24 heavy (non-hydrogen) atoms. The quantitative estimate of drug-likeness (QED) is 0.711. The number of halogens is 1. The Hall–Kier alpha value is -1.52. The zero-order valence-electron chi connectivity index (χ0n) is 12.4. The fourth-order valence-electron chi connectivity index (χ4n) is 1.96. The summed E-state index contributed by atoms with van der Waals surface area (Å²) < 4.78 is 26.6. The predicted octanol–water partition coefficient (Wildman–Crippen LogP) is 3.27. The molecule has 126 valence electrons. The molecule has 0 spiro atoms. The van der Waals surface area contributed by atoms with E-state index in [4.69, 9.17) is 11.6 Å². The number of carbonyl (C=O) groups excluding carboxylic acids is 1. The summed E-state index contributed by atoms with van der Waals surface area (Å²) in [5.41, 5.74) is 0.722. The van der Waals surface area contributed by atoms with Crippen molar-refractivity contribution in [2.45, 2.75) is 4.21 Å². The first-order valence-corrected chi connectivity index (χ1v) is 10.2. The molecule has 1 amide bonds. The maximum atomic E-state index is 12.3. The number of nitrogens with zero attached hydrogens (tertiary/aromatic N) is 2. The van der Waals surface area contributed by atoms with Crippen LogP contribution in [0.4, 0.5) is 5.13 Å². The Balaban J connectivity index is 1.70. The van der Waals surface area contributed by atoms with Crippen molar-refractivity contribution in [3.05, 3.63) is 40.7 Å². The molecule has 3 rings (SSSR count). The van der Waals surface area contributed by atoms with E-state index in [0.29, 0.717) is 10.2 Å².